The van der Waals surface area contributed by atoms with Crippen LogP contribution in [0.2, 0.25) is 0 Å². The minimum absolute atomic E-state index is 0.0924. The number of nitrogens with zero attached hydrogens (tertiary/aromatic N) is 1. The summed E-state index contributed by atoms with van der Waals surface area (Å²) < 4.78 is 6.01. The molecule has 0 aromatic heterocycles. The Morgan fingerprint density at radius 3 is 2.00 bits per heavy atom. The minimum Gasteiger partial charge on any atom is -0.375 e. The first-order valence-corrected chi connectivity index (χ1v) is 6.62. The second kappa shape index (κ2) is 6.72. The van der Waals surface area contributed by atoms with Gasteiger partial charge in [0.15, 0.2) is 0 Å². The molecule has 0 aromatic carbocycles. The molecule has 0 saturated carbocycles. The van der Waals surface area contributed by atoms with E-state index in [-0.39, 0.29) is 11.1 Å². The molecule has 0 aliphatic carbocycles. The molecule has 1 unspecified atom stereocenters. The smallest absolute Gasteiger partial charge is 0.0697 e. The number of hydrogen-bond donors (Lipinski definition) is 1. The second-order valence-corrected chi connectivity index (χ2v) is 6.68. The summed E-state index contributed by atoms with van der Waals surface area (Å²) in [7, 11) is 4.19. The molecule has 0 rings (SSSR count). The van der Waals surface area contributed by atoms with Gasteiger partial charge in [0.1, 0.15) is 0 Å². The Kier molecular flexibility index (Phi) is 6.67. The Bertz CT molecular complexity index is 207. The SMILES string of the molecule is CCC(CNC(C)(C)C)OCC(C)(C)N(C)C. The van der Waals surface area contributed by atoms with Crippen LogP contribution in [-0.2, 0) is 4.74 Å². The molecule has 3 nitrogen and oxygen atoms in total. The van der Waals surface area contributed by atoms with Crippen molar-refractivity contribution in [2.45, 2.75) is 65.1 Å². The predicted molar refractivity (Wildman–Crippen MR) is 75.6 cm³/mol. The summed E-state index contributed by atoms with van der Waals surface area (Å²) in [4.78, 5) is 2.21. The van der Waals surface area contributed by atoms with Gasteiger partial charge in [-0.25, -0.2) is 0 Å². The summed E-state index contributed by atoms with van der Waals surface area (Å²) in [6, 6.07) is 0. The number of likely N-dealkylation sites (N-methyl/N-ethyl adjacent to an activating group) is 1. The molecule has 0 aromatic rings. The highest BCUT2D eigenvalue weighted by atomic mass is 16.5. The van der Waals surface area contributed by atoms with E-state index in [0.717, 1.165) is 19.6 Å². The van der Waals surface area contributed by atoms with E-state index in [2.05, 4.69) is 65.9 Å². The van der Waals surface area contributed by atoms with Crippen molar-refractivity contribution in [3.8, 4) is 0 Å². The molecule has 0 aliphatic rings. The van der Waals surface area contributed by atoms with Crippen LogP contribution in [0.5, 0.6) is 0 Å². The van der Waals surface area contributed by atoms with E-state index >= 15 is 0 Å². The average molecular weight is 244 g/mol. The standard InChI is InChI=1S/C14H32N2O/c1-9-12(10-15-13(2,3)4)17-11-14(5,6)16(7)8/h12,15H,9-11H2,1-8H3. The summed E-state index contributed by atoms with van der Waals surface area (Å²) >= 11 is 0. The normalized spacial score (nSPS) is 15.4. The topological polar surface area (TPSA) is 24.5 Å². The molecule has 1 N–H and O–H groups in total. The first-order valence-electron chi connectivity index (χ1n) is 6.62. The molecule has 17 heavy (non-hydrogen) atoms. The summed E-state index contributed by atoms with van der Waals surface area (Å²) in [5, 5.41) is 3.50. The van der Waals surface area contributed by atoms with Gasteiger partial charge in [-0.1, -0.05) is 6.92 Å². The van der Waals surface area contributed by atoms with E-state index in [1.54, 1.807) is 0 Å². The highest BCUT2D eigenvalue weighted by Gasteiger charge is 2.22. The zero-order valence-electron chi connectivity index (χ0n) is 13.1. The van der Waals surface area contributed by atoms with Crippen molar-refractivity contribution in [2.24, 2.45) is 0 Å². The fraction of sp³-hybridized carbons (Fsp3) is 1.00. The average Bonchev–Trinajstić information content (AvgIpc) is 2.16. The van der Waals surface area contributed by atoms with Crippen LogP contribution in [0.3, 0.4) is 0 Å². The molecule has 0 saturated heterocycles. The third-order valence-corrected chi connectivity index (χ3v) is 3.20. The Balaban J connectivity index is 4.07. The molecule has 0 heterocycles. The Morgan fingerprint density at radius 1 is 1.12 bits per heavy atom. The molecule has 0 spiro atoms. The molecule has 0 fully saturated rings. The fourth-order valence-electron chi connectivity index (χ4n) is 1.19. The monoisotopic (exact) mass is 244 g/mol. The molecule has 0 radical (unpaired) electrons. The van der Waals surface area contributed by atoms with Crippen LogP contribution in [-0.4, -0.2) is 49.3 Å². The van der Waals surface area contributed by atoms with Gasteiger partial charge in [-0.3, -0.25) is 0 Å². The van der Waals surface area contributed by atoms with Crippen molar-refractivity contribution < 1.29 is 4.74 Å². The zero-order chi connectivity index (χ0) is 13.7. The Hall–Kier alpha value is -0.120. The van der Waals surface area contributed by atoms with Crippen LogP contribution in [0.1, 0.15) is 48.0 Å². The summed E-state index contributed by atoms with van der Waals surface area (Å²) in [6.07, 6.45) is 1.35. The summed E-state index contributed by atoms with van der Waals surface area (Å²) in [6.45, 7) is 14.8. The highest BCUT2D eigenvalue weighted by Crippen LogP contribution is 2.12. The molecule has 104 valence electrons. The molecule has 1 atom stereocenters. The van der Waals surface area contributed by atoms with E-state index in [1.807, 2.05) is 0 Å². The second-order valence-electron chi connectivity index (χ2n) is 6.68. The van der Waals surface area contributed by atoms with Gasteiger partial charge in [-0.05, 0) is 55.1 Å². The van der Waals surface area contributed by atoms with E-state index in [0.29, 0.717) is 6.10 Å². The van der Waals surface area contributed by atoms with Crippen LogP contribution in [0, 0.1) is 0 Å². The van der Waals surface area contributed by atoms with E-state index < -0.39 is 0 Å². The number of rotatable bonds is 7. The van der Waals surface area contributed by atoms with Crippen molar-refractivity contribution in [2.75, 3.05) is 27.2 Å². The third kappa shape index (κ3) is 7.74. The molecule has 0 amide bonds. The number of nitrogens with one attached hydrogen (secondary N) is 1. The molecular weight excluding hydrogens is 212 g/mol. The van der Waals surface area contributed by atoms with Crippen molar-refractivity contribution in [3.63, 3.8) is 0 Å². The Labute approximate surface area is 108 Å². The lowest BCUT2D eigenvalue weighted by molar-refractivity contribution is -0.0143. The van der Waals surface area contributed by atoms with Crippen LogP contribution >= 0.6 is 0 Å². The zero-order valence-corrected chi connectivity index (χ0v) is 13.1. The van der Waals surface area contributed by atoms with Gasteiger partial charge >= 0.3 is 0 Å². The van der Waals surface area contributed by atoms with Crippen LogP contribution in [0.4, 0.5) is 0 Å². The van der Waals surface area contributed by atoms with Crippen molar-refractivity contribution in [1.82, 2.24) is 10.2 Å². The molecule has 3 heteroatoms. The fourth-order valence-corrected chi connectivity index (χ4v) is 1.19. The van der Waals surface area contributed by atoms with Crippen LogP contribution < -0.4 is 5.32 Å². The van der Waals surface area contributed by atoms with Gasteiger partial charge in [0, 0.05) is 17.6 Å². The van der Waals surface area contributed by atoms with Gasteiger partial charge in [-0.15, -0.1) is 0 Å². The van der Waals surface area contributed by atoms with Crippen LogP contribution in [0.25, 0.3) is 0 Å². The highest BCUT2D eigenvalue weighted by molar-refractivity contribution is 4.78. The van der Waals surface area contributed by atoms with Gasteiger partial charge in [-0.2, -0.15) is 0 Å². The van der Waals surface area contributed by atoms with E-state index in [1.165, 1.54) is 0 Å². The van der Waals surface area contributed by atoms with Crippen molar-refractivity contribution in [3.05, 3.63) is 0 Å². The lowest BCUT2D eigenvalue weighted by atomic mass is 10.1. The predicted octanol–water partition coefficient (Wildman–Crippen LogP) is 2.51. The van der Waals surface area contributed by atoms with Gasteiger partial charge in [0.05, 0.1) is 12.7 Å². The quantitative estimate of drug-likeness (QED) is 0.745. The minimum atomic E-state index is 0.0924. The van der Waals surface area contributed by atoms with Gasteiger partial charge in [0.25, 0.3) is 0 Å². The largest absolute Gasteiger partial charge is 0.375 e. The maximum absolute atomic E-state index is 6.01. The van der Waals surface area contributed by atoms with E-state index in [4.69, 9.17) is 4.74 Å². The first kappa shape index (κ1) is 16.9. The maximum atomic E-state index is 6.01. The lowest BCUT2D eigenvalue weighted by Crippen LogP contribution is -2.46. The molecule has 0 aliphatic heterocycles. The first-order chi connectivity index (χ1) is 7.58. The van der Waals surface area contributed by atoms with Crippen molar-refractivity contribution in [1.29, 1.82) is 0 Å². The third-order valence-electron chi connectivity index (χ3n) is 3.20. The Morgan fingerprint density at radius 2 is 1.65 bits per heavy atom. The number of ether oxygens (including phenoxy) is 1. The van der Waals surface area contributed by atoms with Gasteiger partial charge in [0.2, 0.25) is 0 Å². The van der Waals surface area contributed by atoms with Gasteiger partial charge < -0.3 is 15.0 Å². The summed E-state index contributed by atoms with van der Waals surface area (Å²) in [5.41, 5.74) is 0.253. The molecule has 0 bridgehead atoms. The van der Waals surface area contributed by atoms with Crippen molar-refractivity contribution >= 4 is 0 Å². The lowest BCUT2D eigenvalue weighted by Gasteiger charge is -2.34. The van der Waals surface area contributed by atoms with E-state index in [9.17, 15) is 0 Å². The summed E-state index contributed by atoms with van der Waals surface area (Å²) in [5.74, 6) is 0. The molecular formula is C14H32N2O. The maximum Gasteiger partial charge on any atom is 0.0697 e. The number of hydrogen-bond acceptors (Lipinski definition) is 3. The van der Waals surface area contributed by atoms with Crippen LogP contribution in [0.15, 0.2) is 0 Å².